The molecule has 0 amide bonds. The minimum atomic E-state index is -6.07. The number of halogens is 10. The highest BCUT2D eigenvalue weighted by atomic mass is 32.2. The van der Waals surface area contributed by atoms with Gasteiger partial charge in [-0.25, -0.2) is 60.7 Å². The van der Waals surface area contributed by atoms with Gasteiger partial charge >= 0.3 is 0 Å². The lowest BCUT2D eigenvalue weighted by Gasteiger charge is -2.38. The number of hydrogen-bond acceptors (Lipinski definition) is 5. The zero-order valence-corrected chi connectivity index (χ0v) is 25.0. The molecule has 1 aliphatic heterocycles. The summed E-state index contributed by atoms with van der Waals surface area (Å²) in [6, 6.07) is 7.55. The van der Waals surface area contributed by atoms with Crippen LogP contribution in [-0.4, -0.2) is 44.3 Å². The lowest BCUT2D eigenvalue weighted by Crippen LogP contribution is -2.43. The van der Waals surface area contributed by atoms with Crippen molar-refractivity contribution in [2.75, 3.05) is 13.1 Å². The molecule has 0 N–H and O–H groups in total. The minimum Gasteiger partial charge on any atom is -0.297 e. The first-order chi connectivity index (χ1) is 22.4. The Morgan fingerprint density at radius 1 is 0.438 bits per heavy atom. The first-order valence-corrected chi connectivity index (χ1v) is 16.0. The SMILES string of the molecule is O=C1CN(S(=O)(=O)c2c(F)c(F)c(F)c(F)c2F)[C@@H](c2ccccc2)[C@H](c2ccccc2)N(S(=O)(=O)c2c(F)c(F)c(F)c(F)c2F)C1. The Balaban J connectivity index is 1.88. The van der Waals surface area contributed by atoms with Crippen LogP contribution in [0.4, 0.5) is 43.9 Å². The van der Waals surface area contributed by atoms with Gasteiger partial charge in [-0.3, -0.25) is 4.79 Å². The summed E-state index contributed by atoms with van der Waals surface area (Å²) in [4.78, 5) is 8.48. The number of benzene rings is 4. The first kappa shape index (κ1) is 35.0. The zero-order valence-electron chi connectivity index (χ0n) is 23.4. The zero-order chi connectivity index (χ0) is 35.5. The van der Waals surface area contributed by atoms with Gasteiger partial charge in [0.05, 0.1) is 25.2 Å². The monoisotopic (exact) mass is 726 g/mol. The number of nitrogens with zero attached hydrogens (tertiary/aromatic N) is 2. The molecule has 5 rings (SSSR count). The lowest BCUT2D eigenvalue weighted by atomic mass is 9.93. The van der Waals surface area contributed by atoms with E-state index in [-0.39, 0.29) is 19.7 Å². The fourth-order valence-electron chi connectivity index (χ4n) is 5.23. The second-order valence-electron chi connectivity index (χ2n) is 10.1. The van der Waals surface area contributed by atoms with Crippen molar-refractivity contribution >= 4 is 25.8 Å². The quantitative estimate of drug-likeness (QED) is 0.142. The standard InChI is InChI=1S/C29H16F10N2O5S2/c30-16-18(32)22(36)28(23(37)19(16)33)47(43,44)40-11-15(42)12-41(48(45,46)29-24(38)20(34)17(31)21(35)25(29)39)27(14-9-5-2-6-10-14)26(40)13-7-3-1-4-8-13/h1-10,26-27H,11-12H2/t26-,27-/m0/s1. The van der Waals surface area contributed by atoms with Crippen LogP contribution in [-0.2, 0) is 24.8 Å². The van der Waals surface area contributed by atoms with Gasteiger partial charge in [0, 0.05) is 0 Å². The van der Waals surface area contributed by atoms with E-state index in [4.69, 9.17) is 0 Å². The summed E-state index contributed by atoms with van der Waals surface area (Å²) in [5, 5.41) is 0. The number of hydrogen-bond donors (Lipinski definition) is 0. The van der Waals surface area contributed by atoms with E-state index < -0.39 is 119 Å². The third kappa shape index (κ3) is 5.53. The Hall–Kier alpha value is -4.33. The van der Waals surface area contributed by atoms with Crippen molar-refractivity contribution in [3.05, 3.63) is 130 Å². The molecule has 1 heterocycles. The summed E-state index contributed by atoms with van der Waals surface area (Å²) >= 11 is 0. The molecular formula is C29H16F10N2O5S2. The molecule has 1 saturated heterocycles. The van der Waals surface area contributed by atoms with Gasteiger partial charge in [0.15, 0.2) is 62.1 Å². The summed E-state index contributed by atoms with van der Waals surface area (Å²) in [6.45, 7) is -3.10. The highest BCUT2D eigenvalue weighted by Crippen LogP contribution is 2.46. The maximum absolute atomic E-state index is 15.0. The van der Waals surface area contributed by atoms with Crippen molar-refractivity contribution in [3.8, 4) is 0 Å². The van der Waals surface area contributed by atoms with Crippen LogP contribution >= 0.6 is 0 Å². The van der Waals surface area contributed by atoms with Crippen molar-refractivity contribution in [1.82, 2.24) is 8.61 Å². The number of ketones is 1. The average Bonchev–Trinajstić information content (AvgIpc) is 3.22. The van der Waals surface area contributed by atoms with Crippen LogP contribution in [0.1, 0.15) is 23.2 Å². The molecule has 0 aromatic heterocycles. The van der Waals surface area contributed by atoms with Crippen LogP contribution in [0.25, 0.3) is 0 Å². The molecule has 0 aliphatic carbocycles. The topological polar surface area (TPSA) is 91.8 Å². The average molecular weight is 727 g/mol. The van der Waals surface area contributed by atoms with Gasteiger partial charge in [-0.2, -0.15) is 8.61 Å². The molecule has 48 heavy (non-hydrogen) atoms. The third-order valence-electron chi connectivity index (χ3n) is 7.34. The summed E-state index contributed by atoms with van der Waals surface area (Å²) < 4.78 is 200. The van der Waals surface area contributed by atoms with Crippen molar-refractivity contribution in [3.63, 3.8) is 0 Å². The van der Waals surface area contributed by atoms with Crippen molar-refractivity contribution in [1.29, 1.82) is 0 Å². The van der Waals surface area contributed by atoms with Gasteiger partial charge in [-0.15, -0.1) is 0 Å². The minimum absolute atomic E-state index is 0.0747. The van der Waals surface area contributed by atoms with Crippen LogP contribution in [0.15, 0.2) is 70.5 Å². The predicted octanol–water partition coefficient (Wildman–Crippen LogP) is 5.82. The van der Waals surface area contributed by atoms with E-state index in [0.717, 1.165) is 24.3 Å². The Kier molecular flexibility index (Phi) is 9.19. The maximum Gasteiger partial charge on any atom is 0.250 e. The van der Waals surface area contributed by atoms with Gasteiger partial charge in [-0.1, -0.05) is 60.7 Å². The smallest absolute Gasteiger partial charge is 0.250 e. The fraction of sp³-hybridized carbons (Fsp3) is 0.138. The molecule has 4 aromatic rings. The summed E-state index contributed by atoms with van der Waals surface area (Å²) in [6.07, 6.45) is 0. The van der Waals surface area contributed by atoms with Gasteiger partial charge in [0.25, 0.3) is 0 Å². The van der Waals surface area contributed by atoms with Gasteiger partial charge in [0.1, 0.15) is 0 Å². The molecule has 0 spiro atoms. The van der Waals surface area contributed by atoms with Crippen LogP contribution in [0.5, 0.6) is 0 Å². The molecule has 1 aliphatic rings. The Labute approximate surface area is 264 Å². The molecule has 0 bridgehead atoms. The molecule has 2 atom stereocenters. The van der Waals surface area contributed by atoms with Crippen LogP contribution in [0.2, 0.25) is 0 Å². The Morgan fingerprint density at radius 2 is 0.688 bits per heavy atom. The fourth-order valence-corrected chi connectivity index (χ4v) is 8.67. The van der Waals surface area contributed by atoms with E-state index in [1.165, 1.54) is 36.4 Å². The molecule has 7 nitrogen and oxygen atoms in total. The van der Waals surface area contributed by atoms with Crippen molar-refractivity contribution in [2.24, 2.45) is 0 Å². The van der Waals surface area contributed by atoms with Crippen LogP contribution in [0, 0.1) is 58.2 Å². The van der Waals surface area contributed by atoms with Gasteiger partial charge in [0.2, 0.25) is 31.7 Å². The molecule has 4 aromatic carbocycles. The number of sulfonamides is 2. The number of carbonyl (C=O) groups is 1. The highest BCUT2D eigenvalue weighted by Gasteiger charge is 2.51. The Morgan fingerprint density at radius 3 is 0.958 bits per heavy atom. The predicted molar refractivity (Wildman–Crippen MR) is 144 cm³/mol. The summed E-state index contributed by atoms with van der Waals surface area (Å²) in [7, 11) is -12.1. The number of rotatable bonds is 6. The van der Waals surface area contributed by atoms with E-state index in [1.54, 1.807) is 0 Å². The van der Waals surface area contributed by atoms with E-state index in [1.807, 2.05) is 0 Å². The van der Waals surface area contributed by atoms with Crippen molar-refractivity contribution in [2.45, 2.75) is 21.9 Å². The van der Waals surface area contributed by atoms with E-state index in [9.17, 15) is 65.5 Å². The first-order valence-electron chi connectivity index (χ1n) is 13.1. The van der Waals surface area contributed by atoms with E-state index in [0.29, 0.717) is 0 Å². The third-order valence-corrected chi connectivity index (χ3v) is 11.0. The Bertz CT molecular complexity index is 1960. The van der Waals surface area contributed by atoms with E-state index >= 15 is 0 Å². The lowest BCUT2D eigenvalue weighted by molar-refractivity contribution is -0.118. The molecular weight excluding hydrogens is 710 g/mol. The second kappa shape index (κ2) is 12.6. The molecule has 0 unspecified atom stereocenters. The van der Waals surface area contributed by atoms with Crippen molar-refractivity contribution < 1.29 is 65.5 Å². The summed E-state index contributed by atoms with van der Waals surface area (Å²) in [5.41, 5.74) is -0.628. The molecule has 19 heteroatoms. The normalized spacial score (nSPS) is 18.2. The molecule has 0 saturated carbocycles. The maximum atomic E-state index is 15.0. The second-order valence-corrected chi connectivity index (χ2v) is 13.8. The van der Waals surface area contributed by atoms with Gasteiger partial charge in [-0.05, 0) is 11.1 Å². The highest BCUT2D eigenvalue weighted by molar-refractivity contribution is 7.89. The number of Topliss-reactive ketones (excluding diaryl/α,β-unsaturated/α-hetero) is 1. The molecule has 254 valence electrons. The van der Waals surface area contributed by atoms with Crippen LogP contribution < -0.4 is 0 Å². The summed E-state index contributed by atoms with van der Waals surface area (Å²) in [5.74, 6) is -29.0. The molecule has 1 fully saturated rings. The van der Waals surface area contributed by atoms with E-state index in [2.05, 4.69) is 0 Å². The number of carbonyl (C=O) groups excluding carboxylic acids is 1. The van der Waals surface area contributed by atoms with Gasteiger partial charge < -0.3 is 0 Å². The van der Waals surface area contributed by atoms with Crippen LogP contribution in [0.3, 0.4) is 0 Å². The molecule has 0 radical (unpaired) electrons. The largest absolute Gasteiger partial charge is 0.297 e.